The van der Waals surface area contributed by atoms with Gasteiger partial charge in [-0.25, -0.2) is 8.78 Å². The maximum atomic E-state index is 14.1. The number of piperazine rings is 1. The largest absolute Gasteiger partial charge is 0.573 e. The zero-order chi connectivity index (χ0) is 28.7. The predicted molar refractivity (Wildman–Crippen MR) is 139 cm³/mol. The minimum absolute atomic E-state index is 0.0371. The third kappa shape index (κ3) is 9.04. The Kier molecular flexibility index (Phi) is 10.1. The molecular weight excluding hydrogens is 545 g/mol. The summed E-state index contributed by atoms with van der Waals surface area (Å²) in [6, 6.07) is 5.84. The van der Waals surface area contributed by atoms with Crippen molar-refractivity contribution >= 4 is 39.3 Å². The minimum Gasteiger partial charge on any atom is -0.404 e. The van der Waals surface area contributed by atoms with Crippen LogP contribution < -0.4 is 15.4 Å². The number of alkyl halides is 3. The summed E-state index contributed by atoms with van der Waals surface area (Å²) in [6.07, 6.45) is -5.04. The van der Waals surface area contributed by atoms with E-state index in [1.165, 1.54) is 7.05 Å². The van der Waals surface area contributed by atoms with Crippen LogP contribution in [0.1, 0.15) is 15.9 Å². The van der Waals surface area contributed by atoms with Gasteiger partial charge >= 0.3 is 6.36 Å². The molecule has 1 heterocycles. The Morgan fingerprint density at radius 2 is 1.79 bits per heavy atom. The first kappa shape index (κ1) is 30.1. The third-order valence-electron chi connectivity index (χ3n) is 5.58. The molecule has 39 heavy (non-hydrogen) atoms. The summed E-state index contributed by atoms with van der Waals surface area (Å²) in [7, 11) is 3.28. The normalized spacial score (nSPS) is 15.1. The van der Waals surface area contributed by atoms with E-state index in [4.69, 9.17) is 0 Å². The van der Waals surface area contributed by atoms with E-state index in [0.717, 1.165) is 61.2 Å². The van der Waals surface area contributed by atoms with Gasteiger partial charge in [-0.2, -0.15) is 0 Å². The molecule has 2 amide bonds. The Hall–Kier alpha value is -3.49. The number of amidine groups is 1. The molecule has 8 nitrogen and oxygen atoms in total. The molecule has 1 saturated heterocycles. The SMILES string of the molecule is C=C(SC(=NC)NC(=O)c1ccc(OC(F)(F)F)c(NC(=O)CN2CCN(C)CC2)c1)c1cc(F)ccc1F. The molecule has 0 unspecified atom stereocenters. The molecule has 0 aliphatic carbocycles. The van der Waals surface area contributed by atoms with Crippen LogP contribution in [0.3, 0.4) is 0 Å². The van der Waals surface area contributed by atoms with Crippen molar-refractivity contribution in [2.75, 3.05) is 52.1 Å². The highest BCUT2D eigenvalue weighted by Crippen LogP contribution is 2.32. The van der Waals surface area contributed by atoms with Crippen LogP contribution in [-0.2, 0) is 4.79 Å². The number of rotatable bonds is 7. The van der Waals surface area contributed by atoms with Crippen molar-refractivity contribution < 1.29 is 36.3 Å². The molecule has 0 saturated carbocycles. The number of hydrogen-bond acceptors (Lipinski definition) is 7. The zero-order valence-electron chi connectivity index (χ0n) is 21.1. The molecule has 2 aromatic rings. The van der Waals surface area contributed by atoms with Crippen LogP contribution in [0.15, 0.2) is 48.0 Å². The molecule has 0 bridgehead atoms. The monoisotopic (exact) mass is 571 g/mol. The van der Waals surface area contributed by atoms with E-state index >= 15 is 0 Å². The van der Waals surface area contributed by atoms with Crippen molar-refractivity contribution in [3.05, 3.63) is 65.7 Å². The average molecular weight is 572 g/mol. The smallest absolute Gasteiger partial charge is 0.404 e. The second kappa shape index (κ2) is 13.0. The van der Waals surface area contributed by atoms with E-state index in [9.17, 15) is 31.5 Å². The van der Waals surface area contributed by atoms with Gasteiger partial charge < -0.3 is 20.3 Å². The summed E-state index contributed by atoms with van der Waals surface area (Å²) in [5.74, 6) is -3.48. The first-order chi connectivity index (χ1) is 18.3. The number of thioether (sulfide) groups is 1. The Morgan fingerprint density at radius 1 is 1.10 bits per heavy atom. The lowest BCUT2D eigenvalue weighted by Gasteiger charge is -2.31. The number of anilines is 1. The number of carbonyl (C=O) groups is 2. The first-order valence-electron chi connectivity index (χ1n) is 11.6. The van der Waals surface area contributed by atoms with E-state index < -0.39 is 35.6 Å². The molecule has 1 aliphatic rings. The highest BCUT2D eigenvalue weighted by Gasteiger charge is 2.33. The Bertz CT molecular complexity index is 1260. The number of amides is 2. The van der Waals surface area contributed by atoms with Gasteiger partial charge in [0, 0.05) is 49.3 Å². The van der Waals surface area contributed by atoms with E-state index in [-0.39, 0.29) is 33.4 Å². The molecule has 0 spiro atoms. The summed E-state index contributed by atoms with van der Waals surface area (Å²) in [5, 5.41) is 4.80. The van der Waals surface area contributed by atoms with E-state index in [0.29, 0.717) is 13.1 Å². The summed E-state index contributed by atoms with van der Waals surface area (Å²) >= 11 is 0.754. The fourth-order valence-corrected chi connectivity index (χ4v) is 4.30. The summed E-state index contributed by atoms with van der Waals surface area (Å²) in [4.78, 5) is 33.4. The van der Waals surface area contributed by atoms with Crippen molar-refractivity contribution in [3.63, 3.8) is 0 Å². The number of halogens is 5. The lowest BCUT2D eigenvalue weighted by Crippen LogP contribution is -2.47. The van der Waals surface area contributed by atoms with Crippen LogP contribution in [0.2, 0.25) is 0 Å². The van der Waals surface area contributed by atoms with Crippen LogP contribution in [0.4, 0.5) is 27.6 Å². The fourth-order valence-electron chi connectivity index (χ4n) is 3.56. The van der Waals surface area contributed by atoms with Gasteiger partial charge in [0.15, 0.2) is 10.9 Å². The van der Waals surface area contributed by atoms with Crippen LogP contribution in [-0.4, -0.2) is 80.0 Å². The summed E-state index contributed by atoms with van der Waals surface area (Å²) in [5.41, 5.74) is -0.605. The van der Waals surface area contributed by atoms with Crippen molar-refractivity contribution in [1.82, 2.24) is 15.1 Å². The number of nitrogens with one attached hydrogen (secondary N) is 2. The van der Waals surface area contributed by atoms with Gasteiger partial charge in [-0.3, -0.25) is 19.5 Å². The number of hydrogen-bond donors (Lipinski definition) is 2. The van der Waals surface area contributed by atoms with E-state index in [1.54, 1.807) is 0 Å². The lowest BCUT2D eigenvalue weighted by atomic mass is 10.1. The molecule has 1 aliphatic heterocycles. The van der Waals surface area contributed by atoms with Crippen molar-refractivity contribution in [1.29, 1.82) is 0 Å². The number of likely N-dealkylation sites (N-methyl/N-ethyl adjacent to an activating group) is 1. The molecule has 210 valence electrons. The molecule has 3 rings (SSSR count). The maximum absolute atomic E-state index is 14.1. The summed E-state index contributed by atoms with van der Waals surface area (Å²) < 4.78 is 70.5. The van der Waals surface area contributed by atoms with Gasteiger partial charge in [0.2, 0.25) is 5.91 Å². The molecule has 0 radical (unpaired) electrons. The van der Waals surface area contributed by atoms with Crippen LogP contribution in [0.25, 0.3) is 4.91 Å². The van der Waals surface area contributed by atoms with Crippen molar-refractivity contribution in [3.8, 4) is 5.75 Å². The zero-order valence-corrected chi connectivity index (χ0v) is 21.9. The van der Waals surface area contributed by atoms with Gasteiger partial charge in [0.05, 0.1) is 12.2 Å². The molecule has 1 fully saturated rings. The van der Waals surface area contributed by atoms with Crippen molar-refractivity contribution in [2.45, 2.75) is 6.36 Å². The quantitative estimate of drug-likeness (QED) is 0.295. The fraction of sp³-hybridized carbons (Fsp3) is 0.320. The van der Waals surface area contributed by atoms with Crippen LogP contribution in [0.5, 0.6) is 5.75 Å². The Morgan fingerprint density at radius 3 is 2.44 bits per heavy atom. The molecule has 0 atom stereocenters. The Labute approximate surface area is 225 Å². The lowest BCUT2D eigenvalue weighted by molar-refractivity contribution is -0.274. The second-order valence-corrected chi connectivity index (χ2v) is 9.60. The average Bonchev–Trinajstić information content (AvgIpc) is 2.86. The van der Waals surface area contributed by atoms with E-state index in [1.807, 2.05) is 11.9 Å². The van der Waals surface area contributed by atoms with Gasteiger partial charge in [-0.1, -0.05) is 18.3 Å². The van der Waals surface area contributed by atoms with Crippen molar-refractivity contribution in [2.24, 2.45) is 4.99 Å². The molecule has 0 aromatic heterocycles. The maximum Gasteiger partial charge on any atom is 0.573 e. The number of nitrogens with zero attached hydrogens (tertiary/aromatic N) is 3. The highest BCUT2D eigenvalue weighted by atomic mass is 32.2. The molecular formula is C25H26F5N5O3S. The molecule has 2 N–H and O–H groups in total. The topological polar surface area (TPSA) is 86.3 Å². The van der Waals surface area contributed by atoms with Crippen LogP contribution in [0, 0.1) is 11.6 Å². The number of benzene rings is 2. The Balaban J connectivity index is 1.74. The minimum atomic E-state index is -5.04. The van der Waals surface area contributed by atoms with Gasteiger partial charge in [0.1, 0.15) is 11.6 Å². The first-order valence-corrected chi connectivity index (χ1v) is 12.4. The number of carbonyl (C=O) groups excluding carboxylic acids is 2. The summed E-state index contributed by atoms with van der Waals surface area (Å²) in [6.45, 7) is 6.33. The third-order valence-corrected chi connectivity index (χ3v) is 6.52. The highest BCUT2D eigenvalue weighted by molar-refractivity contribution is 8.21. The van der Waals surface area contributed by atoms with Crippen LogP contribution >= 0.6 is 11.8 Å². The number of ether oxygens (including phenoxy) is 1. The molecule has 14 heteroatoms. The van der Waals surface area contributed by atoms with E-state index in [2.05, 4.69) is 31.8 Å². The number of aliphatic imine (C=N–C) groups is 1. The van der Waals surface area contributed by atoms with Gasteiger partial charge in [-0.05, 0) is 43.4 Å². The standard InChI is InChI=1S/C25H26F5N5O3S/c1-15(18-13-17(26)5-6-19(18)27)39-24(31-2)33-23(37)16-4-7-21(38-25(28,29)30)20(12-16)32-22(36)14-35-10-8-34(3)9-11-35/h4-7,12-13H,1,8-11,14H2,2-3H3,(H,32,36)(H,31,33,37). The van der Waals surface area contributed by atoms with Gasteiger partial charge in [0.25, 0.3) is 5.91 Å². The predicted octanol–water partition coefficient (Wildman–Crippen LogP) is 4.17. The second-order valence-electron chi connectivity index (χ2n) is 8.52. The van der Waals surface area contributed by atoms with Gasteiger partial charge in [-0.15, -0.1) is 13.2 Å². The molecule has 2 aromatic carbocycles.